The van der Waals surface area contributed by atoms with Crippen molar-refractivity contribution in [3.8, 4) is 11.5 Å². The molecular formula is C23H22BrClN2O4. The molecule has 0 saturated heterocycles. The third kappa shape index (κ3) is 6.43. The van der Waals surface area contributed by atoms with Gasteiger partial charge in [0.1, 0.15) is 6.61 Å². The maximum atomic E-state index is 10.8. The highest BCUT2D eigenvalue weighted by atomic mass is 79.9. The van der Waals surface area contributed by atoms with Gasteiger partial charge in [-0.2, -0.15) is 0 Å². The number of rotatable bonds is 10. The SMILES string of the molecule is CCOc1cc(CNCc2ccccc2Cl)c(Br)cc1OCc1ccc([N+](=O)[O-])cc1. The van der Waals surface area contributed by atoms with Gasteiger partial charge in [-0.15, -0.1) is 0 Å². The van der Waals surface area contributed by atoms with Crippen molar-refractivity contribution in [3.05, 3.63) is 97.0 Å². The fourth-order valence-electron chi connectivity index (χ4n) is 2.94. The summed E-state index contributed by atoms with van der Waals surface area (Å²) in [5, 5.41) is 14.9. The lowest BCUT2D eigenvalue weighted by Gasteiger charge is -2.16. The Morgan fingerprint density at radius 2 is 1.68 bits per heavy atom. The molecule has 0 bridgehead atoms. The summed E-state index contributed by atoms with van der Waals surface area (Å²) in [7, 11) is 0. The minimum absolute atomic E-state index is 0.0511. The first kappa shape index (κ1) is 23.1. The summed E-state index contributed by atoms with van der Waals surface area (Å²) < 4.78 is 12.6. The van der Waals surface area contributed by atoms with Crippen LogP contribution in [0.15, 0.2) is 65.1 Å². The van der Waals surface area contributed by atoms with Crippen molar-refractivity contribution in [3.63, 3.8) is 0 Å². The topological polar surface area (TPSA) is 73.6 Å². The Hall–Kier alpha value is -2.61. The highest BCUT2D eigenvalue weighted by Crippen LogP contribution is 2.34. The van der Waals surface area contributed by atoms with Gasteiger partial charge in [0, 0.05) is 34.7 Å². The second kappa shape index (κ2) is 11.1. The molecule has 0 heterocycles. The maximum Gasteiger partial charge on any atom is 0.269 e. The standard InChI is InChI=1S/C23H22BrClN2O4/c1-2-30-22-11-18(14-26-13-17-5-3-4-6-21(17)25)20(24)12-23(22)31-15-16-7-9-19(10-8-16)27(28)29/h3-12,26H,2,13-15H2,1H3. The molecule has 0 spiro atoms. The molecule has 0 fully saturated rings. The second-order valence-electron chi connectivity index (χ2n) is 6.73. The number of nitro groups is 1. The van der Waals surface area contributed by atoms with Crippen molar-refractivity contribution in [1.29, 1.82) is 0 Å². The van der Waals surface area contributed by atoms with Crippen LogP contribution in [-0.4, -0.2) is 11.5 Å². The Bertz CT molecular complexity index is 1040. The second-order valence-corrected chi connectivity index (χ2v) is 7.99. The van der Waals surface area contributed by atoms with Crippen LogP contribution in [0.5, 0.6) is 11.5 Å². The molecule has 0 unspecified atom stereocenters. The van der Waals surface area contributed by atoms with Crippen LogP contribution < -0.4 is 14.8 Å². The van der Waals surface area contributed by atoms with Crippen molar-refractivity contribution in [2.24, 2.45) is 0 Å². The summed E-state index contributed by atoms with van der Waals surface area (Å²) in [6.45, 7) is 3.96. The maximum absolute atomic E-state index is 10.8. The van der Waals surface area contributed by atoms with E-state index in [1.54, 1.807) is 12.1 Å². The quantitative estimate of drug-likeness (QED) is 0.259. The molecule has 0 aliphatic heterocycles. The van der Waals surface area contributed by atoms with E-state index in [0.717, 1.165) is 26.2 Å². The Kier molecular flexibility index (Phi) is 8.28. The molecule has 8 heteroatoms. The van der Waals surface area contributed by atoms with Crippen LogP contribution in [0.25, 0.3) is 0 Å². The molecule has 0 aromatic heterocycles. The monoisotopic (exact) mass is 504 g/mol. The van der Waals surface area contributed by atoms with Gasteiger partial charge < -0.3 is 14.8 Å². The van der Waals surface area contributed by atoms with Crippen LogP contribution in [0.1, 0.15) is 23.6 Å². The van der Waals surface area contributed by atoms with Crippen LogP contribution in [0.4, 0.5) is 5.69 Å². The largest absolute Gasteiger partial charge is 0.490 e. The molecule has 0 amide bonds. The summed E-state index contributed by atoms with van der Waals surface area (Å²) in [4.78, 5) is 10.4. The van der Waals surface area contributed by atoms with Crippen molar-refractivity contribution in [2.75, 3.05) is 6.61 Å². The molecule has 0 radical (unpaired) electrons. The number of non-ortho nitro benzene ring substituents is 1. The number of nitrogens with one attached hydrogen (secondary N) is 1. The van der Waals surface area contributed by atoms with Crippen LogP contribution in [-0.2, 0) is 19.7 Å². The minimum atomic E-state index is -0.423. The van der Waals surface area contributed by atoms with Gasteiger partial charge in [-0.3, -0.25) is 10.1 Å². The Morgan fingerprint density at radius 1 is 1.00 bits per heavy atom. The third-order valence-corrected chi connectivity index (χ3v) is 5.65. The smallest absolute Gasteiger partial charge is 0.269 e. The van der Waals surface area contributed by atoms with Gasteiger partial charge in [-0.05, 0) is 53.9 Å². The number of ether oxygens (including phenoxy) is 2. The Morgan fingerprint density at radius 3 is 2.35 bits per heavy atom. The zero-order valence-electron chi connectivity index (χ0n) is 16.9. The van der Waals surface area contributed by atoms with Gasteiger partial charge in [0.25, 0.3) is 5.69 Å². The molecular weight excluding hydrogens is 484 g/mol. The van der Waals surface area contributed by atoms with E-state index < -0.39 is 4.92 Å². The average molecular weight is 506 g/mol. The fourth-order valence-corrected chi connectivity index (χ4v) is 3.61. The summed E-state index contributed by atoms with van der Waals surface area (Å²) in [5.41, 5.74) is 2.94. The predicted molar refractivity (Wildman–Crippen MR) is 125 cm³/mol. The van der Waals surface area contributed by atoms with Gasteiger partial charge in [-0.25, -0.2) is 0 Å². The molecule has 3 aromatic rings. The number of hydrogen-bond acceptors (Lipinski definition) is 5. The highest BCUT2D eigenvalue weighted by Gasteiger charge is 2.12. The van der Waals surface area contributed by atoms with Gasteiger partial charge >= 0.3 is 0 Å². The summed E-state index contributed by atoms with van der Waals surface area (Å²) >= 11 is 9.82. The molecule has 162 valence electrons. The predicted octanol–water partition coefficient (Wildman–Crippen LogP) is 6.28. The molecule has 1 N–H and O–H groups in total. The van der Waals surface area contributed by atoms with Crippen molar-refractivity contribution >= 4 is 33.2 Å². The van der Waals surface area contributed by atoms with Gasteiger partial charge in [0.05, 0.1) is 11.5 Å². The molecule has 3 rings (SSSR count). The molecule has 0 saturated carbocycles. The summed E-state index contributed by atoms with van der Waals surface area (Å²) in [5.74, 6) is 1.24. The molecule has 0 aliphatic rings. The summed E-state index contributed by atoms with van der Waals surface area (Å²) in [6.07, 6.45) is 0. The normalized spacial score (nSPS) is 10.7. The van der Waals surface area contributed by atoms with E-state index in [1.165, 1.54) is 12.1 Å². The van der Waals surface area contributed by atoms with Crippen molar-refractivity contribution < 1.29 is 14.4 Å². The van der Waals surface area contributed by atoms with Crippen LogP contribution >= 0.6 is 27.5 Å². The highest BCUT2D eigenvalue weighted by molar-refractivity contribution is 9.10. The molecule has 0 atom stereocenters. The van der Waals surface area contributed by atoms with Crippen molar-refractivity contribution in [1.82, 2.24) is 5.32 Å². The lowest BCUT2D eigenvalue weighted by atomic mass is 10.1. The Balaban J connectivity index is 1.67. The van der Waals surface area contributed by atoms with E-state index in [9.17, 15) is 10.1 Å². The number of hydrogen-bond donors (Lipinski definition) is 1. The van der Waals surface area contributed by atoms with Crippen LogP contribution in [0.2, 0.25) is 5.02 Å². The number of benzene rings is 3. The van der Waals surface area contributed by atoms with Crippen LogP contribution in [0, 0.1) is 10.1 Å². The molecule has 0 aliphatic carbocycles. The average Bonchev–Trinajstić information content (AvgIpc) is 2.76. The van der Waals surface area contributed by atoms with E-state index in [1.807, 2.05) is 43.3 Å². The fraction of sp³-hybridized carbons (Fsp3) is 0.217. The first-order valence-electron chi connectivity index (χ1n) is 9.73. The number of nitro benzene ring substituents is 1. The number of nitrogens with zero attached hydrogens (tertiary/aromatic N) is 1. The Labute approximate surface area is 194 Å². The minimum Gasteiger partial charge on any atom is -0.490 e. The first-order chi connectivity index (χ1) is 15.0. The summed E-state index contributed by atoms with van der Waals surface area (Å²) in [6, 6.07) is 17.8. The number of halogens is 2. The van der Waals surface area contributed by atoms with Crippen LogP contribution in [0.3, 0.4) is 0 Å². The molecule has 6 nitrogen and oxygen atoms in total. The van der Waals surface area contributed by atoms with E-state index in [2.05, 4.69) is 21.2 Å². The zero-order valence-corrected chi connectivity index (χ0v) is 19.3. The lowest BCUT2D eigenvalue weighted by molar-refractivity contribution is -0.384. The molecule has 3 aromatic carbocycles. The zero-order chi connectivity index (χ0) is 22.2. The van der Waals surface area contributed by atoms with E-state index in [4.69, 9.17) is 21.1 Å². The van der Waals surface area contributed by atoms with E-state index in [-0.39, 0.29) is 12.3 Å². The lowest BCUT2D eigenvalue weighted by Crippen LogP contribution is -2.13. The molecule has 31 heavy (non-hydrogen) atoms. The van der Waals surface area contributed by atoms with Crippen molar-refractivity contribution in [2.45, 2.75) is 26.6 Å². The van der Waals surface area contributed by atoms with Gasteiger partial charge in [0.15, 0.2) is 11.5 Å². The van der Waals surface area contributed by atoms with Gasteiger partial charge in [0.2, 0.25) is 0 Å². The van der Waals surface area contributed by atoms with E-state index in [0.29, 0.717) is 31.2 Å². The third-order valence-electron chi connectivity index (χ3n) is 4.54. The van der Waals surface area contributed by atoms with E-state index >= 15 is 0 Å². The van der Waals surface area contributed by atoms with Gasteiger partial charge in [-0.1, -0.05) is 45.7 Å². The first-order valence-corrected chi connectivity index (χ1v) is 10.9.